The summed E-state index contributed by atoms with van der Waals surface area (Å²) in [4.78, 5) is 7.96. The second-order valence-corrected chi connectivity index (χ2v) is 5.82. The molecule has 0 aliphatic carbocycles. The van der Waals surface area contributed by atoms with Gasteiger partial charge in [0.25, 0.3) is 0 Å². The molecule has 0 radical (unpaired) electrons. The molecule has 0 spiro atoms. The molecule has 0 aromatic carbocycles. The van der Waals surface area contributed by atoms with Gasteiger partial charge in [0.15, 0.2) is 0 Å². The van der Waals surface area contributed by atoms with E-state index < -0.39 is 10.0 Å². The summed E-state index contributed by atoms with van der Waals surface area (Å²) in [5.41, 5.74) is 7.14. The Kier molecular flexibility index (Phi) is 3.77. The van der Waals surface area contributed by atoms with Crippen molar-refractivity contribution in [2.45, 2.75) is 18.4 Å². The van der Waals surface area contributed by atoms with Gasteiger partial charge < -0.3 is 5.73 Å². The molecule has 2 aromatic rings. The zero-order valence-electron chi connectivity index (χ0n) is 10.4. The normalized spacial score (nSPS) is 11.4. The highest BCUT2D eigenvalue weighted by Crippen LogP contribution is 2.11. The summed E-state index contributed by atoms with van der Waals surface area (Å²) in [6.07, 6.45) is 3.00. The number of hydrogen-bond acceptors (Lipinski definition) is 5. The van der Waals surface area contributed by atoms with Gasteiger partial charge in [-0.3, -0.25) is 4.98 Å². The number of anilines is 1. The molecule has 0 amide bonds. The number of rotatable bonds is 4. The topological polar surface area (TPSA) is 98.0 Å². The van der Waals surface area contributed by atoms with Crippen molar-refractivity contribution in [2.24, 2.45) is 0 Å². The molecule has 0 fully saturated rings. The van der Waals surface area contributed by atoms with E-state index in [4.69, 9.17) is 5.73 Å². The van der Waals surface area contributed by atoms with E-state index >= 15 is 0 Å². The minimum atomic E-state index is -3.59. The van der Waals surface area contributed by atoms with E-state index in [1.54, 1.807) is 6.20 Å². The Hall–Kier alpha value is -1.99. The zero-order valence-corrected chi connectivity index (χ0v) is 11.2. The first-order valence-corrected chi connectivity index (χ1v) is 7.08. The summed E-state index contributed by atoms with van der Waals surface area (Å²) in [5, 5.41) is 0. The fourth-order valence-electron chi connectivity index (χ4n) is 1.46. The van der Waals surface area contributed by atoms with Crippen molar-refractivity contribution < 1.29 is 8.42 Å². The molecule has 6 nitrogen and oxygen atoms in total. The second kappa shape index (κ2) is 5.33. The number of nitrogen functional groups attached to an aromatic ring is 1. The lowest BCUT2D eigenvalue weighted by atomic mass is 10.2. The van der Waals surface area contributed by atoms with Crippen LogP contribution in [-0.4, -0.2) is 18.4 Å². The van der Waals surface area contributed by atoms with Gasteiger partial charge in [-0.05, 0) is 24.6 Å². The van der Waals surface area contributed by atoms with Gasteiger partial charge in [-0.1, -0.05) is 6.07 Å². The number of nitrogens with two attached hydrogens (primary N) is 1. The Labute approximate surface area is 111 Å². The molecular weight excluding hydrogens is 264 g/mol. The molecule has 19 heavy (non-hydrogen) atoms. The largest absolute Gasteiger partial charge is 0.384 e. The smallest absolute Gasteiger partial charge is 0.241 e. The van der Waals surface area contributed by atoms with Crippen LogP contribution in [0.2, 0.25) is 0 Å². The average molecular weight is 278 g/mol. The van der Waals surface area contributed by atoms with Crippen LogP contribution in [0.3, 0.4) is 0 Å². The van der Waals surface area contributed by atoms with Crippen LogP contribution in [0.1, 0.15) is 11.3 Å². The van der Waals surface area contributed by atoms with Crippen LogP contribution in [0, 0.1) is 6.92 Å². The highest BCUT2D eigenvalue weighted by molar-refractivity contribution is 7.89. The molecule has 0 atom stereocenters. The van der Waals surface area contributed by atoms with E-state index in [9.17, 15) is 8.42 Å². The molecule has 0 saturated carbocycles. The van der Waals surface area contributed by atoms with E-state index in [-0.39, 0.29) is 17.3 Å². The van der Waals surface area contributed by atoms with Gasteiger partial charge in [-0.25, -0.2) is 18.1 Å². The number of aryl methyl sites for hydroxylation is 1. The molecule has 0 aliphatic rings. The summed E-state index contributed by atoms with van der Waals surface area (Å²) in [7, 11) is -3.59. The number of hydrogen-bond donors (Lipinski definition) is 2. The van der Waals surface area contributed by atoms with E-state index in [0.29, 0.717) is 0 Å². The minimum absolute atomic E-state index is 0.0973. The maximum absolute atomic E-state index is 12.0. The maximum Gasteiger partial charge on any atom is 0.241 e. The predicted molar refractivity (Wildman–Crippen MR) is 71.6 cm³/mol. The van der Waals surface area contributed by atoms with Crippen LogP contribution < -0.4 is 10.5 Å². The molecule has 0 aliphatic heterocycles. The third-order valence-electron chi connectivity index (χ3n) is 2.50. The van der Waals surface area contributed by atoms with E-state index in [0.717, 1.165) is 11.3 Å². The summed E-state index contributed by atoms with van der Waals surface area (Å²) >= 11 is 0. The third-order valence-corrected chi connectivity index (χ3v) is 3.90. The third kappa shape index (κ3) is 3.49. The van der Waals surface area contributed by atoms with Crippen LogP contribution in [0.25, 0.3) is 0 Å². The van der Waals surface area contributed by atoms with Crippen molar-refractivity contribution in [2.75, 3.05) is 5.73 Å². The lowest BCUT2D eigenvalue weighted by molar-refractivity contribution is 0.581. The molecule has 2 rings (SSSR count). The Morgan fingerprint density at radius 2 is 2.05 bits per heavy atom. The Morgan fingerprint density at radius 3 is 2.68 bits per heavy atom. The van der Waals surface area contributed by atoms with Gasteiger partial charge in [0, 0.05) is 30.7 Å². The Morgan fingerprint density at radius 1 is 1.26 bits per heavy atom. The molecule has 100 valence electrons. The van der Waals surface area contributed by atoms with Crippen molar-refractivity contribution >= 4 is 15.8 Å². The molecule has 3 N–H and O–H groups in total. The highest BCUT2D eigenvalue weighted by atomic mass is 32.2. The monoisotopic (exact) mass is 278 g/mol. The molecule has 2 aromatic heterocycles. The quantitative estimate of drug-likeness (QED) is 0.863. The fraction of sp³-hybridized carbons (Fsp3) is 0.167. The lowest BCUT2D eigenvalue weighted by Crippen LogP contribution is -2.23. The van der Waals surface area contributed by atoms with Crippen molar-refractivity contribution in [3.63, 3.8) is 0 Å². The fourth-order valence-corrected chi connectivity index (χ4v) is 2.50. The van der Waals surface area contributed by atoms with E-state index in [2.05, 4.69) is 14.7 Å². The van der Waals surface area contributed by atoms with Crippen LogP contribution in [0.5, 0.6) is 0 Å². The molecule has 0 unspecified atom stereocenters. The van der Waals surface area contributed by atoms with Crippen molar-refractivity contribution in [1.82, 2.24) is 14.7 Å². The average Bonchev–Trinajstić information content (AvgIpc) is 2.38. The lowest BCUT2D eigenvalue weighted by Gasteiger charge is -2.07. The van der Waals surface area contributed by atoms with Crippen molar-refractivity contribution in [3.05, 3.63) is 47.9 Å². The number of aromatic nitrogens is 2. The molecular formula is C12H14N4O2S. The van der Waals surface area contributed by atoms with Crippen LogP contribution >= 0.6 is 0 Å². The summed E-state index contributed by atoms with van der Waals surface area (Å²) in [6, 6.07) is 6.36. The van der Waals surface area contributed by atoms with Crippen molar-refractivity contribution in [3.8, 4) is 0 Å². The standard InChI is InChI=1S/C12H14N4O2S/c1-9-2-3-10(7-15-9)8-16-19(17,18)11-4-5-14-12(13)6-11/h2-7,16H,8H2,1H3,(H2,13,14). The molecule has 7 heteroatoms. The number of nitrogens with one attached hydrogen (secondary N) is 1. The van der Waals surface area contributed by atoms with Gasteiger partial charge in [0.2, 0.25) is 10.0 Å². The van der Waals surface area contributed by atoms with Gasteiger partial charge in [-0.15, -0.1) is 0 Å². The van der Waals surface area contributed by atoms with E-state index in [1.807, 2.05) is 19.1 Å². The summed E-state index contributed by atoms with van der Waals surface area (Å²) in [6.45, 7) is 2.05. The van der Waals surface area contributed by atoms with Gasteiger partial charge in [0.05, 0.1) is 4.90 Å². The highest BCUT2D eigenvalue weighted by Gasteiger charge is 2.14. The molecule has 0 saturated heterocycles. The summed E-state index contributed by atoms with van der Waals surface area (Å²) in [5.74, 6) is 0.167. The van der Waals surface area contributed by atoms with Crippen molar-refractivity contribution in [1.29, 1.82) is 0 Å². The van der Waals surface area contributed by atoms with Crippen LogP contribution in [0.15, 0.2) is 41.6 Å². The molecule has 2 heterocycles. The Bertz CT molecular complexity index is 668. The predicted octanol–water partition coefficient (Wildman–Crippen LogP) is 0.846. The minimum Gasteiger partial charge on any atom is -0.384 e. The van der Waals surface area contributed by atoms with Gasteiger partial charge in [-0.2, -0.15) is 0 Å². The van der Waals surface area contributed by atoms with Crippen LogP contribution in [0.4, 0.5) is 5.82 Å². The number of nitrogens with zero attached hydrogens (tertiary/aromatic N) is 2. The van der Waals surface area contributed by atoms with Gasteiger partial charge >= 0.3 is 0 Å². The second-order valence-electron chi connectivity index (χ2n) is 4.05. The maximum atomic E-state index is 12.0. The molecule has 0 bridgehead atoms. The first-order valence-electron chi connectivity index (χ1n) is 5.60. The first-order chi connectivity index (χ1) is 8.97. The summed E-state index contributed by atoms with van der Waals surface area (Å²) < 4.78 is 26.5. The van der Waals surface area contributed by atoms with Crippen LogP contribution in [-0.2, 0) is 16.6 Å². The zero-order chi connectivity index (χ0) is 13.9. The number of pyridine rings is 2. The SMILES string of the molecule is Cc1ccc(CNS(=O)(=O)c2ccnc(N)c2)cn1. The van der Waals surface area contributed by atoms with E-state index in [1.165, 1.54) is 18.3 Å². The first kappa shape index (κ1) is 13.4. The number of sulfonamides is 1. The van der Waals surface area contributed by atoms with Gasteiger partial charge in [0.1, 0.15) is 5.82 Å². The Balaban J connectivity index is 2.12.